The predicted octanol–water partition coefficient (Wildman–Crippen LogP) is 1.59. The summed E-state index contributed by atoms with van der Waals surface area (Å²) in [5.74, 6) is -0.554. The third-order valence-electron chi connectivity index (χ3n) is 3.02. The van der Waals surface area contributed by atoms with E-state index < -0.39 is 6.10 Å². The molecule has 0 spiro atoms. The molecule has 0 aromatic heterocycles. The Hall–Kier alpha value is -1.46. The number of nitrogens with zero attached hydrogens (tertiary/aromatic N) is 1. The molecule has 19 heavy (non-hydrogen) atoms. The summed E-state index contributed by atoms with van der Waals surface area (Å²) < 4.78 is 23.2. The quantitative estimate of drug-likeness (QED) is 0.777. The van der Waals surface area contributed by atoms with Crippen molar-refractivity contribution in [3.63, 3.8) is 0 Å². The molecule has 5 heteroatoms. The lowest BCUT2D eigenvalue weighted by Crippen LogP contribution is -2.46. The maximum Gasteiger partial charge on any atom is 0.336 e. The molecule has 1 aromatic rings. The Morgan fingerprint density at radius 1 is 1.47 bits per heavy atom. The van der Waals surface area contributed by atoms with Gasteiger partial charge in [0.25, 0.3) is 0 Å². The van der Waals surface area contributed by atoms with E-state index in [0.29, 0.717) is 26.3 Å². The van der Waals surface area contributed by atoms with Crippen molar-refractivity contribution in [2.24, 2.45) is 0 Å². The van der Waals surface area contributed by atoms with Gasteiger partial charge in [0.1, 0.15) is 5.82 Å². The smallest absolute Gasteiger partial charge is 0.336 e. The summed E-state index contributed by atoms with van der Waals surface area (Å²) in [6.45, 7) is 4.58. The first-order chi connectivity index (χ1) is 9.19. The number of rotatable bonds is 4. The van der Waals surface area contributed by atoms with Gasteiger partial charge in [-0.25, -0.2) is 9.18 Å². The van der Waals surface area contributed by atoms with Gasteiger partial charge in [0.05, 0.1) is 13.2 Å². The van der Waals surface area contributed by atoms with E-state index >= 15 is 0 Å². The van der Waals surface area contributed by atoms with Gasteiger partial charge in [-0.05, 0) is 24.6 Å². The van der Waals surface area contributed by atoms with Crippen molar-refractivity contribution >= 4 is 5.97 Å². The molecule has 4 nitrogen and oxygen atoms in total. The third-order valence-corrected chi connectivity index (χ3v) is 3.02. The molecular weight excluding hydrogens is 249 g/mol. The van der Waals surface area contributed by atoms with Crippen LogP contribution in [0.2, 0.25) is 0 Å². The fraction of sp³-hybridized carbons (Fsp3) is 0.500. The van der Waals surface area contributed by atoms with Gasteiger partial charge in [-0.2, -0.15) is 0 Å². The normalized spacial score (nSPS) is 20.2. The van der Waals surface area contributed by atoms with Crippen molar-refractivity contribution in [3.05, 3.63) is 35.6 Å². The maximum atomic E-state index is 12.8. The van der Waals surface area contributed by atoms with Crippen molar-refractivity contribution in [2.75, 3.05) is 26.3 Å². The van der Waals surface area contributed by atoms with Gasteiger partial charge in [0, 0.05) is 19.6 Å². The Morgan fingerprint density at radius 2 is 2.21 bits per heavy atom. The molecule has 1 aliphatic heterocycles. The van der Waals surface area contributed by atoms with Crippen molar-refractivity contribution in [1.82, 2.24) is 4.90 Å². The zero-order valence-corrected chi connectivity index (χ0v) is 11.0. The van der Waals surface area contributed by atoms with Crippen LogP contribution in [0.4, 0.5) is 4.39 Å². The van der Waals surface area contributed by atoms with Crippen LogP contribution in [0.15, 0.2) is 24.3 Å². The van der Waals surface area contributed by atoms with Crippen LogP contribution < -0.4 is 0 Å². The highest BCUT2D eigenvalue weighted by atomic mass is 19.1. The number of esters is 1. The maximum absolute atomic E-state index is 12.8. The van der Waals surface area contributed by atoms with E-state index in [-0.39, 0.29) is 11.8 Å². The molecule has 1 aliphatic rings. The lowest BCUT2D eigenvalue weighted by Gasteiger charge is -2.31. The van der Waals surface area contributed by atoms with Crippen LogP contribution in [0.1, 0.15) is 12.5 Å². The lowest BCUT2D eigenvalue weighted by molar-refractivity contribution is -0.162. The molecule has 1 fully saturated rings. The van der Waals surface area contributed by atoms with Crippen LogP contribution in [0.5, 0.6) is 0 Å². The molecule has 0 N–H and O–H groups in total. The number of benzene rings is 1. The van der Waals surface area contributed by atoms with Gasteiger partial charge in [0.2, 0.25) is 0 Å². The van der Waals surface area contributed by atoms with Crippen molar-refractivity contribution in [3.8, 4) is 0 Å². The van der Waals surface area contributed by atoms with Crippen LogP contribution in [-0.2, 0) is 20.8 Å². The fourth-order valence-corrected chi connectivity index (χ4v) is 2.07. The van der Waals surface area contributed by atoms with Gasteiger partial charge in [-0.1, -0.05) is 12.1 Å². The van der Waals surface area contributed by atoms with Crippen LogP contribution in [0.25, 0.3) is 0 Å². The Bertz CT molecular complexity index is 421. The minimum Gasteiger partial charge on any atom is -0.464 e. The predicted molar refractivity (Wildman–Crippen MR) is 68.1 cm³/mol. The standard InChI is InChI=1S/C14H18FNO3/c1-2-18-14(17)13-10-16(7-8-19-13)9-11-3-5-12(15)6-4-11/h3-6,13H,2,7-10H2,1H3. The molecule has 1 saturated heterocycles. The molecule has 1 unspecified atom stereocenters. The van der Waals surface area contributed by atoms with Crippen LogP contribution in [0.3, 0.4) is 0 Å². The van der Waals surface area contributed by atoms with E-state index in [1.54, 1.807) is 19.1 Å². The zero-order valence-electron chi connectivity index (χ0n) is 11.0. The second-order valence-electron chi connectivity index (χ2n) is 4.47. The first-order valence-corrected chi connectivity index (χ1v) is 6.44. The Labute approximate surface area is 112 Å². The Balaban J connectivity index is 1.90. The molecular formula is C14H18FNO3. The third kappa shape index (κ3) is 4.01. The zero-order chi connectivity index (χ0) is 13.7. The summed E-state index contributed by atoms with van der Waals surface area (Å²) in [5, 5.41) is 0. The molecule has 1 aromatic carbocycles. The van der Waals surface area contributed by atoms with E-state index in [0.717, 1.165) is 12.1 Å². The summed E-state index contributed by atoms with van der Waals surface area (Å²) in [6.07, 6.45) is -0.519. The first-order valence-electron chi connectivity index (χ1n) is 6.44. The Kier molecular flexibility index (Phi) is 4.87. The van der Waals surface area contributed by atoms with E-state index in [2.05, 4.69) is 4.90 Å². The summed E-state index contributed by atoms with van der Waals surface area (Å²) in [6, 6.07) is 6.39. The number of morpholine rings is 1. The number of carbonyl (C=O) groups excluding carboxylic acids is 1. The van der Waals surface area contributed by atoms with Crippen LogP contribution in [0, 0.1) is 5.82 Å². The van der Waals surface area contributed by atoms with Gasteiger partial charge < -0.3 is 9.47 Å². The van der Waals surface area contributed by atoms with Gasteiger partial charge in [-0.15, -0.1) is 0 Å². The molecule has 0 amide bonds. The van der Waals surface area contributed by atoms with Gasteiger partial charge in [0.15, 0.2) is 6.10 Å². The molecule has 1 heterocycles. The number of hydrogen-bond donors (Lipinski definition) is 0. The molecule has 1 atom stereocenters. The lowest BCUT2D eigenvalue weighted by atomic mass is 10.2. The van der Waals surface area contributed by atoms with E-state index in [4.69, 9.17) is 9.47 Å². The Morgan fingerprint density at radius 3 is 2.89 bits per heavy atom. The largest absolute Gasteiger partial charge is 0.464 e. The van der Waals surface area contributed by atoms with Gasteiger partial charge in [-0.3, -0.25) is 4.90 Å². The van der Waals surface area contributed by atoms with Gasteiger partial charge >= 0.3 is 5.97 Å². The molecule has 2 rings (SSSR count). The number of ether oxygens (including phenoxy) is 2. The molecule has 104 valence electrons. The number of carbonyl (C=O) groups is 1. The average molecular weight is 267 g/mol. The highest BCUT2D eigenvalue weighted by Gasteiger charge is 2.27. The summed E-state index contributed by atoms with van der Waals surface area (Å²) in [5.41, 5.74) is 1.02. The van der Waals surface area contributed by atoms with Crippen LogP contribution in [-0.4, -0.2) is 43.3 Å². The highest BCUT2D eigenvalue weighted by molar-refractivity contribution is 5.75. The SMILES string of the molecule is CCOC(=O)C1CN(Cc2ccc(F)cc2)CCO1. The second kappa shape index (κ2) is 6.63. The van der Waals surface area contributed by atoms with Crippen molar-refractivity contribution < 1.29 is 18.7 Å². The first kappa shape index (κ1) is 14.0. The molecule has 0 saturated carbocycles. The highest BCUT2D eigenvalue weighted by Crippen LogP contribution is 2.12. The monoisotopic (exact) mass is 267 g/mol. The minimum atomic E-state index is -0.519. The summed E-state index contributed by atoms with van der Waals surface area (Å²) >= 11 is 0. The minimum absolute atomic E-state index is 0.241. The average Bonchev–Trinajstić information content (AvgIpc) is 2.42. The summed E-state index contributed by atoms with van der Waals surface area (Å²) in [7, 11) is 0. The van der Waals surface area contributed by atoms with E-state index in [1.807, 2.05) is 0 Å². The van der Waals surface area contributed by atoms with Crippen molar-refractivity contribution in [2.45, 2.75) is 19.6 Å². The molecule has 0 radical (unpaired) electrons. The van der Waals surface area contributed by atoms with E-state index in [1.165, 1.54) is 12.1 Å². The van der Waals surface area contributed by atoms with Crippen molar-refractivity contribution in [1.29, 1.82) is 0 Å². The van der Waals surface area contributed by atoms with Crippen LogP contribution >= 0.6 is 0 Å². The summed E-state index contributed by atoms with van der Waals surface area (Å²) in [4.78, 5) is 13.7. The number of hydrogen-bond acceptors (Lipinski definition) is 4. The van der Waals surface area contributed by atoms with E-state index in [9.17, 15) is 9.18 Å². The topological polar surface area (TPSA) is 38.8 Å². The second-order valence-corrected chi connectivity index (χ2v) is 4.47. The molecule has 0 aliphatic carbocycles. The molecule has 0 bridgehead atoms. The fourth-order valence-electron chi connectivity index (χ4n) is 2.07. The number of halogens is 1.